The fraction of sp³-hybridized carbons (Fsp3) is 0.129. The van der Waals surface area contributed by atoms with Gasteiger partial charge in [-0.1, -0.05) is 25.5 Å². The highest BCUT2D eigenvalue weighted by molar-refractivity contribution is 5.91. The third-order valence-electron chi connectivity index (χ3n) is 6.10. The number of allylic oxidation sites excluding steroid dienone is 1. The lowest BCUT2D eigenvalue weighted by molar-refractivity contribution is -0.0790. The molecule has 0 amide bonds. The second kappa shape index (κ2) is 12.1. The Labute approximate surface area is 233 Å². The fourth-order valence-corrected chi connectivity index (χ4v) is 4.20. The largest absolute Gasteiger partial charge is 0.423 e. The van der Waals surface area contributed by atoms with Crippen LogP contribution in [0.1, 0.15) is 34.8 Å². The smallest absolute Gasteiger partial charge is 0.409 e. The van der Waals surface area contributed by atoms with Gasteiger partial charge in [0.1, 0.15) is 46.2 Å². The lowest BCUT2D eigenvalue weighted by Crippen LogP contribution is -2.14. The normalized spacial score (nSPS) is 11.8. The van der Waals surface area contributed by atoms with Crippen molar-refractivity contribution in [1.29, 1.82) is 0 Å². The van der Waals surface area contributed by atoms with Crippen LogP contribution in [0.2, 0.25) is 0 Å². The summed E-state index contributed by atoms with van der Waals surface area (Å²) in [5.74, 6) is -8.80. The van der Waals surface area contributed by atoms with Gasteiger partial charge in [0.25, 0.3) is 0 Å². The highest BCUT2D eigenvalue weighted by Crippen LogP contribution is 2.33. The van der Waals surface area contributed by atoms with Gasteiger partial charge in [0.2, 0.25) is 0 Å². The molecule has 0 radical (unpaired) electrons. The molecule has 2 nitrogen and oxygen atoms in total. The second-order valence-electron chi connectivity index (χ2n) is 9.14. The first-order valence-corrected chi connectivity index (χ1v) is 12.3. The molecule has 42 heavy (non-hydrogen) atoms. The number of hydrogen-bond acceptors (Lipinski definition) is 2. The Kier molecular flexibility index (Phi) is 8.79. The number of hydrogen-bond donors (Lipinski definition) is 0. The summed E-state index contributed by atoms with van der Waals surface area (Å²) in [4.78, 5) is 12.4. The van der Waals surface area contributed by atoms with Crippen molar-refractivity contribution >= 4 is 12.0 Å². The highest BCUT2D eigenvalue weighted by atomic mass is 19.4. The number of carbonyl (C=O) groups excluding carboxylic acids is 1. The molecule has 4 rings (SSSR count). The molecule has 0 fully saturated rings. The zero-order valence-corrected chi connectivity index (χ0v) is 21.6. The van der Waals surface area contributed by atoms with Crippen molar-refractivity contribution in [2.75, 3.05) is 0 Å². The van der Waals surface area contributed by atoms with Crippen molar-refractivity contribution in [2.45, 2.75) is 25.9 Å². The molecule has 0 aliphatic heterocycles. The SMILES string of the molecule is CCCc1cc(F)c(C(=O)Oc2ccc(-c3ccc(-c4cc(F)c(C=CC(F)(F)F)c(F)c4)c(F)c3)c(F)c2)c(F)c1. The molecule has 218 valence electrons. The molecule has 0 atom stereocenters. The summed E-state index contributed by atoms with van der Waals surface area (Å²) in [7, 11) is 0. The molecule has 0 saturated heterocycles. The van der Waals surface area contributed by atoms with Crippen LogP contribution in [0.15, 0.2) is 66.7 Å². The van der Waals surface area contributed by atoms with Gasteiger partial charge in [0.05, 0.1) is 0 Å². The van der Waals surface area contributed by atoms with Gasteiger partial charge in [-0.25, -0.2) is 31.1 Å². The van der Waals surface area contributed by atoms with E-state index in [1.807, 2.05) is 6.92 Å². The predicted octanol–water partition coefficient (Wildman–Crippen LogP) is 9.60. The zero-order chi connectivity index (χ0) is 30.8. The van der Waals surface area contributed by atoms with Crippen molar-refractivity contribution in [3.05, 3.63) is 118 Å². The third kappa shape index (κ3) is 6.84. The van der Waals surface area contributed by atoms with E-state index in [1.165, 1.54) is 6.07 Å². The molecule has 0 heterocycles. The number of alkyl halides is 3. The quantitative estimate of drug-likeness (QED) is 0.121. The van der Waals surface area contributed by atoms with E-state index < -0.39 is 58.2 Å². The van der Waals surface area contributed by atoms with E-state index >= 15 is 0 Å². The van der Waals surface area contributed by atoms with E-state index in [0.29, 0.717) is 30.5 Å². The van der Waals surface area contributed by atoms with Crippen LogP contribution in [0, 0.1) is 34.9 Å². The Bertz CT molecular complexity index is 1640. The average Bonchev–Trinajstić information content (AvgIpc) is 2.87. The molecule has 0 bridgehead atoms. The highest BCUT2D eigenvalue weighted by Gasteiger charge is 2.24. The molecule has 0 aromatic heterocycles. The lowest BCUT2D eigenvalue weighted by atomic mass is 9.98. The van der Waals surface area contributed by atoms with Gasteiger partial charge in [-0.2, -0.15) is 13.2 Å². The summed E-state index contributed by atoms with van der Waals surface area (Å²) in [5, 5.41) is 0. The maximum absolute atomic E-state index is 14.9. The molecule has 0 aliphatic carbocycles. The molecule has 0 unspecified atom stereocenters. The van der Waals surface area contributed by atoms with Crippen LogP contribution < -0.4 is 4.74 Å². The summed E-state index contributed by atoms with van der Waals surface area (Å²) in [6.07, 6.45) is -3.91. The molecular formula is C31H19F9O2. The van der Waals surface area contributed by atoms with E-state index in [4.69, 9.17) is 4.74 Å². The first-order chi connectivity index (χ1) is 19.8. The maximum Gasteiger partial charge on any atom is 0.409 e. The van der Waals surface area contributed by atoms with Crippen molar-refractivity contribution in [1.82, 2.24) is 0 Å². The van der Waals surface area contributed by atoms with Gasteiger partial charge < -0.3 is 4.74 Å². The summed E-state index contributed by atoms with van der Waals surface area (Å²) in [6, 6.07) is 9.47. The molecule has 0 spiro atoms. The summed E-state index contributed by atoms with van der Waals surface area (Å²) in [6.45, 7) is 1.81. The minimum absolute atomic E-state index is 0.0269. The van der Waals surface area contributed by atoms with Gasteiger partial charge in [0.15, 0.2) is 0 Å². The van der Waals surface area contributed by atoms with Gasteiger partial charge in [0, 0.05) is 28.8 Å². The van der Waals surface area contributed by atoms with Crippen LogP contribution >= 0.6 is 0 Å². The Morgan fingerprint density at radius 2 is 1.26 bits per heavy atom. The van der Waals surface area contributed by atoms with Gasteiger partial charge in [-0.3, -0.25) is 0 Å². The summed E-state index contributed by atoms with van der Waals surface area (Å²) >= 11 is 0. The molecule has 0 aliphatic rings. The number of aryl methyl sites for hydroxylation is 1. The van der Waals surface area contributed by atoms with Crippen LogP contribution in [-0.4, -0.2) is 12.1 Å². The van der Waals surface area contributed by atoms with Crippen LogP contribution in [0.4, 0.5) is 39.5 Å². The Balaban J connectivity index is 1.57. The van der Waals surface area contributed by atoms with Crippen LogP contribution in [0.3, 0.4) is 0 Å². The Morgan fingerprint density at radius 3 is 1.81 bits per heavy atom. The number of rotatable bonds is 7. The van der Waals surface area contributed by atoms with Crippen molar-refractivity contribution in [3.8, 4) is 28.0 Å². The monoisotopic (exact) mass is 594 g/mol. The lowest BCUT2D eigenvalue weighted by Gasteiger charge is -2.11. The minimum Gasteiger partial charge on any atom is -0.423 e. The van der Waals surface area contributed by atoms with E-state index in [1.54, 1.807) is 0 Å². The summed E-state index contributed by atoms with van der Waals surface area (Å²) < 4.78 is 129. The average molecular weight is 594 g/mol. The van der Waals surface area contributed by atoms with Gasteiger partial charge in [-0.05, 0) is 71.7 Å². The molecule has 0 saturated carbocycles. The van der Waals surface area contributed by atoms with Gasteiger partial charge in [-0.15, -0.1) is 0 Å². The first-order valence-electron chi connectivity index (χ1n) is 12.3. The molecule has 11 heteroatoms. The number of esters is 1. The Morgan fingerprint density at radius 1 is 0.714 bits per heavy atom. The van der Waals surface area contributed by atoms with Gasteiger partial charge >= 0.3 is 12.1 Å². The maximum atomic E-state index is 14.9. The van der Waals surface area contributed by atoms with E-state index in [9.17, 15) is 44.3 Å². The van der Waals surface area contributed by atoms with Crippen LogP contribution in [-0.2, 0) is 6.42 Å². The summed E-state index contributed by atoms with van der Waals surface area (Å²) in [5.41, 5.74) is -2.40. The molecular weight excluding hydrogens is 575 g/mol. The van der Waals surface area contributed by atoms with Crippen molar-refractivity contribution in [3.63, 3.8) is 0 Å². The third-order valence-corrected chi connectivity index (χ3v) is 6.10. The second-order valence-corrected chi connectivity index (χ2v) is 9.14. The number of halogens is 9. The van der Waals surface area contributed by atoms with Crippen LogP contribution in [0.5, 0.6) is 5.75 Å². The Hall–Kier alpha value is -4.54. The number of ether oxygens (including phenoxy) is 1. The minimum atomic E-state index is -4.80. The van der Waals surface area contributed by atoms with Crippen molar-refractivity contribution in [2.24, 2.45) is 0 Å². The number of benzene rings is 4. The molecule has 0 N–H and O–H groups in total. The topological polar surface area (TPSA) is 26.3 Å². The van der Waals surface area contributed by atoms with E-state index in [-0.39, 0.29) is 40.2 Å². The first kappa shape index (κ1) is 30.4. The molecule has 4 aromatic rings. The predicted molar refractivity (Wildman–Crippen MR) is 138 cm³/mol. The van der Waals surface area contributed by atoms with E-state index in [2.05, 4.69) is 0 Å². The standard InChI is InChI=1S/C31H19F9O2/c1-2-3-16-10-27(36)29(28(37)11-16)30(41)42-19-5-7-20(26(35)15-19)17-4-6-21(23(32)12-17)18-13-24(33)22(25(34)14-18)8-9-31(38,39)40/h4-15H,2-3H2,1H3. The fourth-order valence-electron chi connectivity index (χ4n) is 4.20. The zero-order valence-electron chi connectivity index (χ0n) is 21.6. The van der Waals surface area contributed by atoms with Crippen LogP contribution in [0.25, 0.3) is 28.3 Å². The molecule has 4 aromatic carbocycles. The van der Waals surface area contributed by atoms with E-state index in [0.717, 1.165) is 42.5 Å². The van der Waals surface area contributed by atoms with Crippen molar-refractivity contribution < 1.29 is 49.0 Å². The number of carbonyl (C=O) groups is 1.